The highest BCUT2D eigenvalue weighted by molar-refractivity contribution is 7.09. The lowest BCUT2D eigenvalue weighted by atomic mass is 10.3. The maximum Gasteiger partial charge on any atom is 0.215 e. The van der Waals surface area contributed by atoms with E-state index in [1.807, 2.05) is 6.92 Å². The van der Waals surface area contributed by atoms with Crippen molar-refractivity contribution < 1.29 is 4.74 Å². The molecule has 4 nitrogen and oxygen atoms in total. The molecule has 0 saturated carbocycles. The highest BCUT2D eigenvalue weighted by Gasteiger charge is 2.23. The molecule has 0 saturated heterocycles. The average Bonchev–Trinajstić information content (AvgIpc) is 2.36. The van der Waals surface area contributed by atoms with Crippen LogP contribution in [-0.4, -0.2) is 12.1 Å². The average molecular weight is 173 g/mol. The molecule has 0 radical (unpaired) electrons. The summed E-state index contributed by atoms with van der Waals surface area (Å²) in [5.74, 6) is -1.25. The lowest BCUT2D eigenvalue weighted by Gasteiger charge is -2.19. The number of aromatic nitrogens is 1. The monoisotopic (exact) mass is 173 g/mol. The van der Waals surface area contributed by atoms with Crippen molar-refractivity contribution in [3.8, 4) is 0 Å². The fraction of sp³-hybridized carbons (Fsp3) is 0.500. The number of hydrogen-bond acceptors (Lipinski definition) is 5. The fourth-order valence-corrected chi connectivity index (χ4v) is 1.32. The van der Waals surface area contributed by atoms with Crippen molar-refractivity contribution in [2.75, 3.05) is 7.11 Å². The zero-order valence-electron chi connectivity index (χ0n) is 6.50. The van der Waals surface area contributed by atoms with E-state index in [4.69, 9.17) is 16.2 Å². The number of rotatable bonds is 2. The van der Waals surface area contributed by atoms with E-state index in [1.54, 1.807) is 5.38 Å². The topological polar surface area (TPSA) is 74.2 Å². The van der Waals surface area contributed by atoms with Crippen LogP contribution >= 0.6 is 11.3 Å². The summed E-state index contributed by atoms with van der Waals surface area (Å²) in [4.78, 5) is 4.10. The molecule has 0 spiro atoms. The summed E-state index contributed by atoms with van der Waals surface area (Å²) in [6.07, 6.45) is 0. The summed E-state index contributed by atoms with van der Waals surface area (Å²) in [6, 6.07) is 0. The molecule has 0 atom stereocenters. The van der Waals surface area contributed by atoms with Crippen LogP contribution in [0.15, 0.2) is 5.38 Å². The summed E-state index contributed by atoms with van der Waals surface area (Å²) in [7, 11) is 1.45. The van der Waals surface area contributed by atoms with Crippen LogP contribution in [0.2, 0.25) is 0 Å². The quantitative estimate of drug-likeness (QED) is 0.623. The van der Waals surface area contributed by atoms with Gasteiger partial charge in [-0.05, 0) is 6.92 Å². The molecule has 1 heterocycles. The zero-order chi connectivity index (χ0) is 8.48. The van der Waals surface area contributed by atoms with Crippen LogP contribution in [0.5, 0.6) is 0 Å². The van der Waals surface area contributed by atoms with Crippen LogP contribution < -0.4 is 11.5 Å². The first-order chi connectivity index (χ1) is 5.06. The maximum atomic E-state index is 5.55. The van der Waals surface area contributed by atoms with Crippen molar-refractivity contribution in [3.05, 3.63) is 16.1 Å². The third-order valence-corrected chi connectivity index (χ3v) is 2.13. The second-order valence-corrected chi connectivity index (χ2v) is 3.31. The summed E-state index contributed by atoms with van der Waals surface area (Å²) in [5, 5.41) is 2.72. The number of aryl methyl sites for hydroxylation is 1. The smallest absolute Gasteiger partial charge is 0.215 e. The molecule has 1 rings (SSSR count). The van der Waals surface area contributed by atoms with E-state index in [0.717, 1.165) is 5.01 Å². The second kappa shape index (κ2) is 2.86. The van der Waals surface area contributed by atoms with Gasteiger partial charge < -0.3 is 4.74 Å². The molecule has 11 heavy (non-hydrogen) atoms. The van der Waals surface area contributed by atoms with Gasteiger partial charge in [0, 0.05) is 12.5 Å². The van der Waals surface area contributed by atoms with Gasteiger partial charge in [0.2, 0.25) is 5.85 Å². The Labute approximate surface area is 69.2 Å². The van der Waals surface area contributed by atoms with E-state index in [-0.39, 0.29) is 0 Å². The molecule has 0 unspecified atom stereocenters. The van der Waals surface area contributed by atoms with Gasteiger partial charge in [0.15, 0.2) is 0 Å². The number of ether oxygens (including phenoxy) is 1. The standard InChI is InChI=1S/C6H11N3OS/c1-4-9-5(3-11-4)6(7,8)10-2/h3H,7-8H2,1-2H3. The Hall–Kier alpha value is -0.490. The third-order valence-electron chi connectivity index (χ3n) is 1.36. The minimum Gasteiger partial charge on any atom is -0.346 e. The number of nitrogens with two attached hydrogens (primary N) is 2. The third kappa shape index (κ3) is 1.75. The van der Waals surface area contributed by atoms with Crippen molar-refractivity contribution in [1.82, 2.24) is 4.98 Å². The van der Waals surface area contributed by atoms with Crippen molar-refractivity contribution in [3.63, 3.8) is 0 Å². The molecule has 4 N–H and O–H groups in total. The largest absolute Gasteiger partial charge is 0.346 e. The lowest BCUT2D eigenvalue weighted by molar-refractivity contribution is -0.00714. The number of thiazole rings is 1. The van der Waals surface area contributed by atoms with Gasteiger partial charge in [0.1, 0.15) is 5.69 Å². The SMILES string of the molecule is COC(N)(N)c1csc(C)n1. The maximum absolute atomic E-state index is 5.55. The van der Waals surface area contributed by atoms with Crippen molar-refractivity contribution in [2.24, 2.45) is 11.5 Å². The molecular weight excluding hydrogens is 162 g/mol. The first kappa shape index (κ1) is 8.61. The molecule has 0 amide bonds. The van der Waals surface area contributed by atoms with E-state index in [1.165, 1.54) is 18.4 Å². The fourth-order valence-electron chi connectivity index (χ4n) is 0.647. The molecule has 62 valence electrons. The van der Waals surface area contributed by atoms with Gasteiger partial charge in [-0.2, -0.15) is 0 Å². The molecule has 0 aliphatic rings. The van der Waals surface area contributed by atoms with E-state index < -0.39 is 5.85 Å². The number of methoxy groups -OCH3 is 1. The van der Waals surface area contributed by atoms with E-state index >= 15 is 0 Å². The Morgan fingerprint density at radius 2 is 2.27 bits per heavy atom. The van der Waals surface area contributed by atoms with Crippen LogP contribution in [0, 0.1) is 6.92 Å². The molecular formula is C6H11N3OS. The Kier molecular flexibility index (Phi) is 2.24. The molecule has 0 aromatic carbocycles. The van der Waals surface area contributed by atoms with Crippen molar-refractivity contribution >= 4 is 11.3 Å². The first-order valence-electron chi connectivity index (χ1n) is 3.12. The number of hydrogen-bond donors (Lipinski definition) is 2. The van der Waals surface area contributed by atoms with E-state index in [9.17, 15) is 0 Å². The molecule has 0 aliphatic heterocycles. The van der Waals surface area contributed by atoms with Crippen molar-refractivity contribution in [2.45, 2.75) is 12.8 Å². The van der Waals surface area contributed by atoms with Gasteiger partial charge in [-0.3, -0.25) is 11.5 Å². The van der Waals surface area contributed by atoms with Gasteiger partial charge in [0.05, 0.1) is 5.01 Å². The van der Waals surface area contributed by atoms with Gasteiger partial charge in [0.25, 0.3) is 0 Å². The van der Waals surface area contributed by atoms with Crippen LogP contribution in [0.1, 0.15) is 10.7 Å². The summed E-state index contributed by atoms with van der Waals surface area (Å²) < 4.78 is 4.84. The zero-order valence-corrected chi connectivity index (χ0v) is 7.31. The summed E-state index contributed by atoms with van der Waals surface area (Å²) in [5.41, 5.74) is 11.7. The lowest BCUT2D eigenvalue weighted by Crippen LogP contribution is -2.48. The number of nitrogens with zero attached hydrogens (tertiary/aromatic N) is 1. The van der Waals surface area contributed by atoms with Gasteiger partial charge in [-0.15, -0.1) is 11.3 Å². The Bertz CT molecular complexity index is 246. The Balaban J connectivity index is 2.92. The summed E-state index contributed by atoms with van der Waals surface area (Å²) in [6.45, 7) is 1.89. The van der Waals surface area contributed by atoms with Gasteiger partial charge in [-0.25, -0.2) is 4.98 Å². The van der Waals surface area contributed by atoms with Crippen molar-refractivity contribution in [1.29, 1.82) is 0 Å². The normalized spacial score (nSPS) is 12.0. The Morgan fingerprint density at radius 3 is 2.64 bits per heavy atom. The van der Waals surface area contributed by atoms with Crippen LogP contribution in [0.4, 0.5) is 0 Å². The minimum atomic E-state index is -1.25. The predicted octanol–water partition coefficient (Wildman–Crippen LogP) is 0.126. The molecule has 5 heteroatoms. The second-order valence-electron chi connectivity index (χ2n) is 2.25. The molecule has 1 aromatic heterocycles. The Morgan fingerprint density at radius 1 is 1.64 bits per heavy atom. The molecule has 1 aromatic rings. The molecule has 0 bridgehead atoms. The first-order valence-corrected chi connectivity index (χ1v) is 4.00. The summed E-state index contributed by atoms with van der Waals surface area (Å²) >= 11 is 1.50. The molecule has 0 fully saturated rings. The van der Waals surface area contributed by atoms with E-state index in [0.29, 0.717) is 5.69 Å². The van der Waals surface area contributed by atoms with Crippen LogP contribution in [0.3, 0.4) is 0 Å². The highest BCUT2D eigenvalue weighted by Crippen LogP contribution is 2.15. The highest BCUT2D eigenvalue weighted by atomic mass is 32.1. The van der Waals surface area contributed by atoms with E-state index in [2.05, 4.69) is 4.98 Å². The van der Waals surface area contributed by atoms with Crippen LogP contribution in [0.25, 0.3) is 0 Å². The van der Waals surface area contributed by atoms with Crippen LogP contribution in [-0.2, 0) is 10.6 Å². The minimum absolute atomic E-state index is 0.572. The molecule has 0 aliphatic carbocycles. The van der Waals surface area contributed by atoms with Gasteiger partial charge in [-0.1, -0.05) is 0 Å². The van der Waals surface area contributed by atoms with Gasteiger partial charge >= 0.3 is 0 Å². The predicted molar refractivity (Wildman–Crippen MR) is 43.9 cm³/mol.